The quantitative estimate of drug-likeness (QED) is 0.461. The Balaban J connectivity index is 1.22. The van der Waals surface area contributed by atoms with E-state index in [1.807, 2.05) is 60.9 Å². The van der Waals surface area contributed by atoms with E-state index >= 15 is 0 Å². The van der Waals surface area contributed by atoms with E-state index in [0.29, 0.717) is 11.1 Å². The van der Waals surface area contributed by atoms with Crippen molar-refractivity contribution in [3.63, 3.8) is 0 Å². The summed E-state index contributed by atoms with van der Waals surface area (Å²) in [5.41, 5.74) is 2.61. The van der Waals surface area contributed by atoms with Crippen LogP contribution in [-0.4, -0.2) is 53.3 Å². The number of nitrogens with zero attached hydrogens (tertiary/aromatic N) is 2. The molecule has 0 spiro atoms. The van der Waals surface area contributed by atoms with Gasteiger partial charge in [-0.2, -0.15) is 0 Å². The molecule has 1 saturated heterocycles. The maximum atomic E-state index is 13.4. The lowest BCUT2D eigenvalue weighted by Gasteiger charge is -2.41. The third-order valence-corrected chi connectivity index (χ3v) is 7.39. The average molecular weight is 444 g/mol. The van der Waals surface area contributed by atoms with Crippen LogP contribution in [0.1, 0.15) is 36.0 Å². The smallest absolute Gasteiger partial charge is 0.348 e. The third kappa shape index (κ3) is 4.07. The van der Waals surface area contributed by atoms with Crippen LogP contribution in [0.25, 0.3) is 11.1 Å². The van der Waals surface area contributed by atoms with Gasteiger partial charge in [-0.15, -0.1) is 0 Å². The number of carbonyl (C=O) groups excluding carboxylic acids is 1. The molecule has 0 bridgehead atoms. The maximum absolute atomic E-state index is 13.4. The molecule has 1 aliphatic carbocycles. The molecule has 2 aromatic carbocycles. The highest BCUT2D eigenvalue weighted by atomic mass is 16.6. The lowest BCUT2D eigenvalue weighted by atomic mass is 9.91. The van der Waals surface area contributed by atoms with Crippen molar-refractivity contribution in [3.8, 4) is 11.1 Å². The maximum Gasteiger partial charge on any atom is 0.348 e. The number of aliphatic hydroxyl groups is 1. The Morgan fingerprint density at radius 2 is 1.58 bits per heavy atom. The number of fused-ring (bicyclic) bond motifs is 3. The number of esters is 1. The van der Waals surface area contributed by atoms with Gasteiger partial charge in [-0.1, -0.05) is 48.5 Å². The van der Waals surface area contributed by atoms with E-state index in [2.05, 4.69) is 24.2 Å². The second-order valence-corrected chi connectivity index (χ2v) is 9.66. The van der Waals surface area contributed by atoms with Gasteiger partial charge >= 0.3 is 5.97 Å². The summed E-state index contributed by atoms with van der Waals surface area (Å²) >= 11 is 0. The zero-order valence-corrected chi connectivity index (χ0v) is 19.1. The number of hydrogen-bond donors (Lipinski definition) is 1. The van der Waals surface area contributed by atoms with E-state index in [9.17, 15) is 9.90 Å². The van der Waals surface area contributed by atoms with Gasteiger partial charge in [0.2, 0.25) is 5.60 Å². The Hall–Kier alpha value is -3.02. The summed E-state index contributed by atoms with van der Waals surface area (Å²) in [7, 11) is 2.29. The number of quaternary nitrogens is 1. The number of ether oxygens (including phenoxy) is 1. The first-order valence-corrected chi connectivity index (χ1v) is 11.8. The lowest BCUT2D eigenvalue weighted by molar-refractivity contribution is -0.915. The number of carbonyl (C=O) groups is 1. The predicted octanol–water partition coefficient (Wildman–Crippen LogP) is 4.08. The normalized spacial score (nSPS) is 22.9. The minimum atomic E-state index is -1.74. The van der Waals surface area contributed by atoms with E-state index in [0.717, 1.165) is 60.9 Å². The van der Waals surface area contributed by atoms with Crippen LogP contribution in [0.15, 0.2) is 73.1 Å². The van der Waals surface area contributed by atoms with E-state index in [4.69, 9.17) is 4.74 Å². The van der Waals surface area contributed by atoms with Gasteiger partial charge in [-0.3, -0.25) is 4.98 Å². The van der Waals surface area contributed by atoms with Crippen molar-refractivity contribution in [2.24, 2.45) is 0 Å². The molecule has 0 radical (unpaired) electrons. The molecule has 3 aromatic rings. The number of benzene rings is 2. The molecule has 0 atom stereocenters. The molecule has 5 nitrogen and oxygen atoms in total. The van der Waals surface area contributed by atoms with E-state index in [1.165, 1.54) is 5.56 Å². The highest BCUT2D eigenvalue weighted by Crippen LogP contribution is 2.48. The molecule has 0 unspecified atom stereocenters. The second-order valence-electron chi connectivity index (χ2n) is 9.66. The average Bonchev–Trinajstić information content (AvgIpc) is 3.11. The highest BCUT2D eigenvalue weighted by Gasteiger charge is 2.50. The number of likely N-dealkylation sites (tertiary alicyclic amines) is 1. The number of pyridine rings is 1. The van der Waals surface area contributed by atoms with E-state index in [1.54, 1.807) is 0 Å². The first-order valence-electron chi connectivity index (χ1n) is 11.8. The number of hydrogen-bond acceptors (Lipinski definition) is 4. The molecule has 2 heterocycles. The number of aryl methyl sites for hydroxylation is 1. The van der Waals surface area contributed by atoms with Crippen LogP contribution in [0.4, 0.5) is 0 Å². The van der Waals surface area contributed by atoms with E-state index < -0.39 is 11.6 Å². The first kappa shape index (κ1) is 21.8. The molecule has 2 aliphatic rings. The Labute approximate surface area is 195 Å². The summed E-state index contributed by atoms with van der Waals surface area (Å²) in [5.74, 6) is -0.557. The fourth-order valence-corrected chi connectivity index (χ4v) is 5.39. The summed E-state index contributed by atoms with van der Waals surface area (Å²) in [4.78, 5) is 17.5. The van der Waals surface area contributed by atoms with Gasteiger partial charge < -0.3 is 14.3 Å². The van der Waals surface area contributed by atoms with Gasteiger partial charge in [0, 0.05) is 42.8 Å². The van der Waals surface area contributed by atoms with Crippen molar-refractivity contribution in [1.82, 2.24) is 4.98 Å². The van der Waals surface area contributed by atoms with Gasteiger partial charge in [-0.05, 0) is 35.2 Å². The molecule has 170 valence electrons. The zero-order chi connectivity index (χ0) is 22.9. The number of rotatable bonds is 6. The van der Waals surface area contributed by atoms with Gasteiger partial charge in [-0.25, -0.2) is 4.79 Å². The first-order chi connectivity index (χ1) is 16.0. The minimum absolute atomic E-state index is 0.159. The van der Waals surface area contributed by atoms with Crippen LogP contribution >= 0.6 is 0 Å². The number of piperidine rings is 1. The van der Waals surface area contributed by atoms with Crippen molar-refractivity contribution >= 4 is 5.97 Å². The lowest BCUT2D eigenvalue weighted by Crippen LogP contribution is -2.52. The van der Waals surface area contributed by atoms with Crippen LogP contribution in [0.2, 0.25) is 0 Å². The molecule has 1 fully saturated rings. The largest absolute Gasteiger partial charge is 0.459 e. The summed E-state index contributed by atoms with van der Waals surface area (Å²) < 4.78 is 6.95. The van der Waals surface area contributed by atoms with Gasteiger partial charge in [0.25, 0.3) is 0 Å². The topological polar surface area (TPSA) is 59.4 Å². The zero-order valence-electron chi connectivity index (χ0n) is 19.1. The minimum Gasteiger partial charge on any atom is -0.459 e. The molecule has 5 rings (SSSR count). The van der Waals surface area contributed by atoms with Gasteiger partial charge in [0.1, 0.15) is 6.10 Å². The Morgan fingerprint density at radius 3 is 2.18 bits per heavy atom. The molecule has 0 amide bonds. The Kier molecular flexibility index (Phi) is 5.77. The summed E-state index contributed by atoms with van der Waals surface area (Å²) in [5, 5.41) is 11.6. The monoisotopic (exact) mass is 443 g/mol. The highest BCUT2D eigenvalue weighted by molar-refractivity contribution is 5.96. The fourth-order valence-electron chi connectivity index (χ4n) is 5.39. The Bertz CT molecular complexity index is 1090. The number of aromatic nitrogens is 1. The van der Waals surface area contributed by atoms with Crippen LogP contribution in [0.5, 0.6) is 0 Å². The van der Waals surface area contributed by atoms with Crippen LogP contribution in [0, 0.1) is 0 Å². The second kappa shape index (κ2) is 8.73. The molecule has 1 aliphatic heterocycles. The SMILES string of the molecule is C[N+]1(CCCc2ccncc2)CCC(OC(=O)C2(O)c3ccccc3-c3ccccc32)CC1. The van der Waals surface area contributed by atoms with Gasteiger partial charge in [0.05, 0.1) is 26.7 Å². The fraction of sp³-hybridized carbons (Fsp3) is 0.357. The molecule has 0 saturated carbocycles. The van der Waals surface area contributed by atoms with Crippen LogP contribution in [-0.2, 0) is 21.6 Å². The molecule has 1 N–H and O–H groups in total. The predicted molar refractivity (Wildman–Crippen MR) is 127 cm³/mol. The van der Waals surface area contributed by atoms with Crippen molar-refractivity contribution < 1.29 is 19.1 Å². The van der Waals surface area contributed by atoms with Gasteiger partial charge in [0.15, 0.2) is 0 Å². The molecular formula is C28H31N2O3+. The third-order valence-electron chi connectivity index (χ3n) is 7.39. The molecule has 1 aromatic heterocycles. The summed E-state index contributed by atoms with van der Waals surface area (Å²) in [6.07, 6.45) is 7.35. The van der Waals surface area contributed by atoms with Crippen LogP contribution < -0.4 is 0 Å². The molecular weight excluding hydrogens is 412 g/mol. The standard InChI is InChI=1S/C28H31N2O3/c1-30(18-6-7-21-12-16-29-17-13-21)19-14-22(15-20-30)33-27(31)28(32)25-10-4-2-8-23(25)24-9-3-5-11-26(24)28/h2-5,8-13,16-17,22,32H,6-7,14-15,18-20H2,1H3/q+1. The van der Waals surface area contributed by atoms with Crippen LogP contribution in [0.3, 0.4) is 0 Å². The molecule has 5 heteroatoms. The van der Waals surface area contributed by atoms with Crippen molar-refractivity contribution in [3.05, 3.63) is 89.7 Å². The van der Waals surface area contributed by atoms with E-state index in [-0.39, 0.29) is 6.10 Å². The molecule has 33 heavy (non-hydrogen) atoms. The Morgan fingerprint density at radius 1 is 1.00 bits per heavy atom. The van der Waals surface area contributed by atoms with Crippen molar-refractivity contribution in [1.29, 1.82) is 0 Å². The summed E-state index contributed by atoms with van der Waals surface area (Å²) in [6.45, 7) is 3.05. The summed E-state index contributed by atoms with van der Waals surface area (Å²) in [6, 6.07) is 19.3. The van der Waals surface area contributed by atoms with Crippen molar-refractivity contribution in [2.75, 3.05) is 26.7 Å². The van der Waals surface area contributed by atoms with Crippen molar-refractivity contribution in [2.45, 2.75) is 37.4 Å².